The van der Waals surface area contributed by atoms with E-state index in [0.717, 1.165) is 26.9 Å². The third-order valence-electron chi connectivity index (χ3n) is 2.50. The second kappa shape index (κ2) is 5.32. The Labute approximate surface area is 119 Å². The smallest absolute Gasteiger partial charge is 0.131 e. The van der Waals surface area contributed by atoms with E-state index in [4.69, 9.17) is 0 Å². The van der Waals surface area contributed by atoms with Crippen LogP contribution in [-0.4, -0.2) is 15.0 Å². The SMILES string of the molecule is Cc1nc(Br)cc(NC(C)c2sc(C)nc2C)n1. The van der Waals surface area contributed by atoms with Crippen LogP contribution in [0, 0.1) is 20.8 Å². The maximum absolute atomic E-state index is 4.45. The molecule has 18 heavy (non-hydrogen) atoms. The summed E-state index contributed by atoms with van der Waals surface area (Å²) in [4.78, 5) is 14.3. The van der Waals surface area contributed by atoms with Crippen LogP contribution in [0.2, 0.25) is 0 Å². The molecule has 2 aromatic heterocycles. The Morgan fingerprint density at radius 1 is 1.22 bits per heavy atom. The van der Waals surface area contributed by atoms with Crippen molar-refractivity contribution < 1.29 is 0 Å². The van der Waals surface area contributed by atoms with Gasteiger partial charge >= 0.3 is 0 Å². The number of halogens is 1. The van der Waals surface area contributed by atoms with E-state index in [1.165, 1.54) is 4.88 Å². The lowest BCUT2D eigenvalue weighted by Gasteiger charge is -2.14. The Hall–Kier alpha value is -1.01. The molecule has 0 saturated carbocycles. The molecule has 0 amide bonds. The van der Waals surface area contributed by atoms with Gasteiger partial charge in [-0.2, -0.15) is 0 Å². The fourth-order valence-corrected chi connectivity index (χ4v) is 3.24. The normalized spacial score (nSPS) is 12.5. The second-order valence-electron chi connectivity index (χ2n) is 4.17. The van der Waals surface area contributed by atoms with Gasteiger partial charge < -0.3 is 5.32 Å². The minimum absolute atomic E-state index is 0.192. The number of hydrogen-bond donors (Lipinski definition) is 1. The van der Waals surface area contributed by atoms with Crippen molar-refractivity contribution in [3.63, 3.8) is 0 Å². The predicted octanol–water partition coefficient (Wildman–Crippen LogP) is 3.79. The first-order valence-electron chi connectivity index (χ1n) is 5.67. The highest BCUT2D eigenvalue weighted by molar-refractivity contribution is 9.10. The molecule has 2 aromatic rings. The molecule has 2 heterocycles. The zero-order chi connectivity index (χ0) is 13.3. The first-order chi connectivity index (χ1) is 8.45. The summed E-state index contributed by atoms with van der Waals surface area (Å²) in [7, 11) is 0. The molecule has 0 aliphatic carbocycles. The van der Waals surface area contributed by atoms with Crippen LogP contribution in [0.25, 0.3) is 0 Å². The minimum atomic E-state index is 0.192. The molecule has 0 radical (unpaired) electrons. The summed E-state index contributed by atoms with van der Waals surface area (Å²) in [5.74, 6) is 1.57. The molecule has 1 unspecified atom stereocenters. The van der Waals surface area contributed by atoms with Crippen molar-refractivity contribution in [2.45, 2.75) is 33.7 Å². The van der Waals surface area contributed by atoms with Crippen LogP contribution in [0.1, 0.15) is 34.4 Å². The summed E-state index contributed by atoms with van der Waals surface area (Å²) >= 11 is 5.10. The van der Waals surface area contributed by atoms with Gasteiger partial charge in [-0.25, -0.2) is 15.0 Å². The Balaban J connectivity index is 2.20. The van der Waals surface area contributed by atoms with Gasteiger partial charge in [0.15, 0.2) is 0 Å². The van der Waals surface area contributed by atoms with E-state index in [2.05, 4.69) is 43.1 Å². The molecule has 0 saturated heterocycles. The van der Waals surface area contributed by atoms with Gasteiger partial charge in [-0.3, -0.25) is 0 Å². The van der Waals surface area contributed by atoms with Gasteiger partial charge in [0.1, 0.15) is 16.2 Å². The van der Waals surface area contributed by atoms with Crippen molar-refractivity contribution in [2.24, 2.45) is 0 Å². The standard InChI is InChI=1S/C12H15BrN4S/c1-6-12(18-9(4)14-6)7(2)15-11-5-10(13)16-8(3)17-11/h5,7H,1-4H3,(H,15,16,17). The van der Waals surface area contributed by atoms with E-state index in [1.54, 1.807) is 11.3 Å². The third kappa shape index (κ3) is 3.05. The highest BCUT2D eigenvalue weighted by Gasteiger charge is 2.13. The van der Waals surface area contributed by atoms with E-state index in [-0.39, 0.29) is 6.04 Å². The van der Waals surface area contributed by atoms with Crippen LogP contribution in [0.4, 0.5) is 5.82 Å². The lowest BCUT2D eigenvalue weighted by atomic mass is 10.2. The average molecular weight is 327 g/mol. The van der Waals surface area contributed by atoms with Crippen LogP contribution in [0.5, 0.6) is 0 Å². The number of aromatic nitrogens is 3. The molecule has 0 bridgehead atoms. The largest absolute Gasteiger partial charge is 0.363 e. The quantitative estimate of drug-likeness (QED) is 0.872. The van der Waals surface area contributed by atoms with Crippen molar-refractivity contribution in [2.75, 3.05) is 5.32 Å². The molecular weight excluding hydrogens is 312 g/mol. The van der Waals surface area contributed by atoms with Crippen molar-refractivity contribution in [3.8, 4) is 0 Å². The van der Waals surface area contributed by atoms with Gasteiger partial charge in [-0.05, 0) is 43.6 Å². The van der Waals surface area contributed by atoms with E-state index < -0.39 is 0 Å². The number of hydrogen-bond acceptors (Lipinski definition) is 5. The van der Waals surface area contributed by atoms with Crippen LogP contribution in [0.15, 0.2) is 10.7 Å². The highest BCUT2D eigenvalue weighted by atomic mass is 79.9. The number of nitrogens with zero attached hydrogens (tertiary/aromatic N) is 3. The van der Waals surface area contributed by atoms with Crippen molar-refractivity contribution in [3.05, 3.63) is 32.1 Å². The molecule has 1 N–H and O–H groups in total. The van der Waals surface area contributed by atoms with Crippen molar-refractivity contribution >= 4 is 33.1 Å². The van der Waals surface area contributed by atoms with E-state index in [1.807, 2.05) is 26.8 Å². The summed E-state index contributed by atoms with van der Waals surface area (Å²) in [5, 5.41) is 4.48. The summed E-state index contributed by atoms with van der Waals surface area (Å²) in [6, 6.07) is 2.07. The van der Waals surface area contributed by atoms with Gasteiger partial charge in [0.05, 0.1) is 16.7 Å². The van der Waals surface area contributed by atoms with Gasteiger partial charge in [-0.15, -0.1) is 11.3 Å². The third-order valence-corrected chi connectivity index (χ3v) is 4.17. The lowest BCUT2D eigenvalue weighted by Crippen LogP contribution is -2.08. The monoisotopic (exact) mass is 326 g/mol. The maximum Gasteiger partial charge on any atom is 0.131 e. The van der Waals surface area contributed by atoms with Gasteiger partial charge in [0.2, 0.25) is 0 Å². The van der Waals surface area contributed by atoms with Gasteiger partial charge in [0.25, 0.3) is 0 Å². The average Bonchev–Trinajstić information content (AvgIpc) is 2.56. The molecule has 4 nitrogen and oxygen atoms in total. The van der Waals surface area contributed by atoms with E-state index in [0.29, 0.717) is 0 Å². The zero-order valence-electron chi connectivity index (χ0n) is 10.8. The number of thiazole rings is 1. The lowest BCUT2D eigenvalue weighted by molar-refractivity contribution is 0.870. The maximum atomic E-state index is 4.45. The number of nitrogens with one attached hydrogen (secondary N) is 1. The summed E-state index contributed by atoms with van der Waals surface area (Å²) < 4.78 is 0.793. The highest BCUT2D eigenvalue weighted by Crippen LogP contribution is 2.27. The molecule has 0 aliphatic rings. The Morgan fingerprint density at radius 2 is 1.94 bits per heavy atom. The van der Waals surface area contributed by atoms with Crippen molar-refractivity contribution in [1.82, 2.24) is 15.0 Å². The molecule has 0 aliphatic heterocycles. The summed E-state index contributed by atoms with van der Waals surface area (Å²) in [5.41, 5.74) is 1.09. The first-order valence-corrected chi connectivity index (χ1v) is 7.28. The van der Waals surface area contributed by atoms with Crippen LogP contribution < -0.4 is 5.32 Å². The number of rotatable bonds is 3. The molecule has 6 heteroatoms. The van der Waals surface area contributed by atoms with Crippen molar-refractivity contribution in [1.29, 1.82) is 0 Å². The number of aryl methyl sites for hydroxylation is 3. The van der Waals surface area contributed by atoms with Crippen LogP contribution in [0.3, 0.4) is 0 Å². The summed E-state index contributed by atoms with van der Waals surface area (Å²) in [6.07, 6.45) is 0. The zero-order valence-corrected chi connectivity index (χ0v) is 13.2. The Kier molecular flexibility index (Phi) is 3.97. The van der Waals surface area contributed by atoms with Crippen LogP contribution >= 0.6 is 27.3 Å². The Bertz CT molecular complexity index is 547. The predicted molar refractivity (Wildman–Crippen MR) is 78.1 cm³/mol. The molecule has 0 aromatic carbocycles. The molecular formula is C12H15BrN4S. The Morgan fingerprint density at radius 3 is 2.50 bits per heavy atom. The van der Waals surface area contributed by atoms with E-state index >= 15 is 0 Å². The van der Waals surface area contributed by atoms with Crippen LogP contribution in [-0.2, 0) is 0 Å². The molecule has 2 rings (SSSR count). The van der Waals surface area contributed by atoms with E-state index in [9.17, 15) is 0 Å². The molecule has 0 spiro atoms. The first kappa shape index (κ1) is 13.4. The molecule has 96 valence electrons. The molecule has 0 fully saturated rings. The van der Waals surface area contributed by atoms with Gasteiger partial charge in [-0.1, -0.05) is 0 Å². The second-order valence-corrected chi connectivity index (χ2v) is 6.22. The summed E-state index contributed by atoms with van der Waals surface area (Å²) in [6.45, 7) is 8.06. The fourth-order valence-electron chi connectivity index (χ4n) is 1.84. The number of anilines is 1. The molecule has 1 atom stereocenters. The minimum Gasteiger partial charge on any atom is -0.363 e. The topological polar surface area (TPSA) is 50.7 Å². The van der Waals surface area contributed by atoms with Gasteiger partial charge in [0, 0.05) is 10.9 Å². The fraction of sp³-hybridized carbons (Fsp3) is 0.417.